The van der Waals surface area contributed by atoms with Crippen LogP contribution in [-0.4, -0.2) is 91.1 Å². The number of methoxy groups -OCH3 is 1. The van der Waals surface area contributed by atoms with Gasteiger partial charge in [-0.25, -0.2) is 19.6 Å². The van der Waals surface area contributed by atoms with Gasteiger partial charge in [0.1, 0.15) is 23.7 Å². The number of imidazole rings is 2. The van der Waals surface area contributed by atoms with Crippen molar-refractivity contribution in [2.24, 2.45) is 11.8 Å². The molecular weight excluding hydrogens is 604 g/mol. The minimum absolute atomic E-state index is 0.0934. The number of rotatable bonds is 13. The number of hydrogen-bond acceptors (Lipinski definition) is 7. The number of likely N-dealkylation sites (tertiary alicyclic amines) is 2. The van der Waals surface area contributed by atoms with Crippen LogP contribution in [0.1, 0.15) is 88.5 Å². The number of amides is 4. The summed E-state index contributed by atoms with van der Waals surface area (Å²) in [5.74, 6) is 0.829. The molecule has 4 rings (SSSR count). The molecule has 4 amide bonds. The molecule has 256 valence electrons. The molecule has 0 bridgehead atoms. The van der Waals surface area contributed by atoms with E-state index in [1.807, 2.05) is 52.0 Å². The maximum atomic E-state index is 13.3. The van der Waals surface area contributed by atoms with Crippen LogP contribution in [0.2, 0.25) is 0 Å². The summed E-state index contributed by atoms with van der Waals surface area (Å²) in [6.07, 6.45) is 14.2. The highest BCUT2D eigenvalue weighted by atomic mass is 16.5. The van der Waals surface area contributed by atoms with Crippen LogP contribution in [0.25, 0.3) is 0 Å². The van der Waals surface area contributed by atoms with Crippen LogP contribution < -0.4 is 10.6 Å². The molecule has 2 aromatic heterocycles. The van der Waals surface area contributed by atoms with E-state index in [1.165, 1.54) is 7.11 Å². The Morgan fingerprint density at radius 1 is 0.851 bits per heavy atom. The topological polar surface area (TPSA) is 186 Å². The minimum Gasteiger partial charge on any atom is -0.465 e. The fraction of sp³-hybridized carbons (Fsp3) is 0.576. The molecule has 0 unspecified atom stereocenters. The van der Waals surface area contributed by atoms with Crippen LogP contribution in [0.5, 0.6) is 0 Å². The van der Waals surface area contributed by atoms with E-state index in [4.69, 9.17) is 4.74 Å². The van der Waals surface area contributed by atoms with Gasteiger partial charge in [0.25, 0.3) is 0 Å². The third kappa shape index (κ3) is 9.01. The second-order valence-electron chi connectivity index (χ2n) is 12.8. The zero-order valence-electron chi connectivity index (χ0n) is 27.9. The number of hydrogen-bond donors (Lipinski definition) is 5. The van der Waals surface area contributed by atoms with E-state index in [-0.39, 0.29) is 35.7 Å². The highest BCUT2D eigenvalue weighted by Crippen LogP contribution is 2.32. The van der Waals surface area contributed by atoms with Crippen molar-refractivity contribution in [1.82, 2.24) is 40.4 Å². The van der Waals surface area contributed by atoms with E-state index in [9.17, 15) is 24.3 Å². The van der Waals surface area contributed by atoms with Crippen molar-refractivity contribution in [2.45, 2.75) is 90.4 Å². The molecule has 4 heterocycles. The molecule has 0 radical (unpaired) electrons. The minimum atomic E-state index is -1.21. The van der Waals surface area contributed by atoms with Gasteiger partial charge in [0.15, 0.2) is 0 Å². The highest BCUT2D eigenvalue weighted by Gasteiger charge is 2.38. The summed E-state index contributed by atoms with van der Waals surface area (Å²) in [5.41, 5.74) is 1.85. The number of aromatic nitrogens is 4. The number of alkyl carbamates (subject to hydrolysis) is 1. The number of nitrogens with one attached hydrogen (secondary N) is 4. The third-order valence-corrected chi connectivity index (χ3v) is 8.66. The maximum absolute atomic E-state index is 13.3. The summed E-state index contributed by atoms with van der Waals surface area (Å²) >= 11 is 0. The quantitative estimate of drug-likeness (QED) is 0.201. The molecule has 14 nitrogen and oxygen atoms in total. The van der Waals surface area contributed by atoms with Gasteiger partial charge < -0.3 is 40.2 Å². The molecule has 2 aromatic rings. The number of allylic oxidation sites excluding steroid dienone is 4. The number of carbonyl (C=O) groups excluding carboxylic acids is 3. The molecule has 47 heavy (non-hydrogen) atoms. The van der Waals surface area contributed by atoms with Gasteiger partial charge in [-0.3, -0.25) is 9.59 Å². The second-order valence-corrected chi connectivity index (χ2v) is 12.8. The number of carbonyl (C=O) groups is 4. The summed E-state index contributed by atoms with van der Waals surface area (Å²) in [4.78, 5) is 68.9. The lowest BCUT2D eigenvalue weighted by atomic mass is 10.0. The number of H-pyrrole nitrogens is 2. The first kappa shape index (κ1) is 35.2. The average Bonchev–Trinajstić information content (AvgIpc) is 3.85. The molecule has 14 heteroatoms. The van der Waals surface area contributed by atoms with Crippen LogP contribution in [0, 0.1) is 11.8 Å². The van der Waals surface area contributed by atoms with E-state index in [0.29, 0.717) is 31.8 Å². The Labute approximate surface area is 275 Å². The number of carboxylic acid groups (broad SMARTS) is 1. The number of aromatic amines is 2. The van der Waals surface area contributed by atoms with E-state index >= 15 is 0 Å². The monoisotopic (exact) mass is 652 g/mol. The lowest BCUT2D eigenvalue weighted by Gasteiger charge is -2.30. The third-order valence-electron chi connectivity index (χ3n) is 8.66. The van der Waals surface area contributed by atoms with Gasteiger partial charge in [0.2, 0.25) is 11.8 Å². The fourth-order valence-corrected chi connectivity index (χ4v) is 6.18. The van der Waals surface area contributed by atoms with Crippen molar-refractivity contribution in [3.05, 3.63) is 59.7 Å². The van der Waals surface area contributed by atoms with Crippen molar-refractivity contribution in [1.29, 1.82) is 0 Å². The normalized spacial score (nSPS) is 19.6. The molecule has 0 aliphatic carbocycles. The van der Waals surface area contributed by atoms with Crippen LogP contribution in [0.15, 0.2) is 36.7 Å². The molecule has 5 N–H and O–H groups in total. The Balaban J connectivity index is 1.28. The lowest BCUT2D eigenvalue weighted by molar-refractivity contribution is -0.136. The molecule has 2 aliphatic rings. The van der Waals surface area contributed by atoms with Crippen LogP contribution in [-0.2, 0) is 27.2 Å². The van der Waals surface area contributed by atoms with Crippen molar-refractivity contribution in [2.75, 3.05) is 20.2 Å². The van der Waals surface area contributed by atoms with E-state index in [1.54, 1.807) is 22.2 Å². The predicted octanol–water partition coefficient (Wildman–Crippen LogP) is 4.03. The molecule has 0 saturated carbocycles. The molecule has 0 spiro atoms. The summed E-state index contributed by atoms with van der Waals surface area (Å²) in [7, 11) is 1.28. The summed E-state index contributed by atoms with van der Waals surface area (Å²) in [5, 5.41) is 14.2. The van der Waals surface area contributed by atoms with Crippen molar-refractivity contribution < 1.29 is 29.0 Å². The van der Waals surface area contributed by atoms with Gasteiger partial charge in [-0.15, -0.1) is 0 Å². The molecule has 2 saturated heterocycles. The maximum Gasteiger partial charge on any atom is 0.407 e. The molecular formula is C33H48N8O6. The fourth-order valence-electron chi connectivity index (χ4n) is 6.18. The van der Waals surface area contributed by atoms with E-state index < -0.39 is 24.3 Å². The largest absolute Gasteiger partial charge is 0.465 e. The average molecular weight is 653 g/mol. The molecule has 0 aromatic carbocycles. The van der Waals surface area contributed by atoms with Crippen molar-refractivity contribution >= 4 is 24.0 Å². The Kier molecular flexibility index (Phi) is 12.2. The highest BCUT2D eigenvalue weighted by molar-refractivity contribution is 5.87. The van der Waals surface area contributed by atoms with Gasteiger partial charge in [-0.2, -0.15) is 0 Å². The van der Waals surface area contributed by atoms with Gasteiger partial charge >= 0.3 is 12.2 Å². The zero-order valence-corrected chi connectivity index (χ0v) is 27.9. The lowest BCUT2D eigenvalue weighted by Crippen LogP contribution is -2.51. The Morgan fingerprint density at radius 3 is 1.70 bits per heavy atom. The van der Waals surface area contributed by atoms with Gasteiger partial charge in [-0.1, -0.05) is 52.0 Å². The zero-order chi connectivity index (χ0) is 34.1. The standard InChI is InChI=1S/C33H48N8O6/c1-20(2)26(38-32(44)45)30(42)40-16-10-14-24(40)28-34-18-22(36-28)12-8-6-7-9-13-23-19-35-29(37-23)25-15-11-17-41(25)31(43)27(21(3)4)39-33(46)47-5/h6-9,18-21,24-27,38H,10-17H2,1-5H3,(H,34,36)(H,35,37)(H,39,46)(H,44,45)/b8-6+,9-7+/t24-,25-,26-,27-/m0/s1. The summed E-state index contributed by atoms with van der Waals surface area (Å²) < 4.78 is 4.71. The Bertz CT molecular complexity index is 1450. The first-order valence-corrected chi connectivity index (χ1v) is 16.3. The van der Waals surface area contributed by atoms with Gasteiger partial charge in [0, 0.05) is 49.7 Å². The van der Waals surface area contributed by atoms with Gasteiger partial charge in [-0.05, 0) is 37.5 Å². The van der Waals surface area contributed by atoms with E-state index in [2.05, 4.69) is 30.6 Å². The van der Waals surface area contributed by atoms with Gasteiger partial charge in [0.05, 0.1) is 19.2 Å². The summed E-state index contributed by atoms with van der Waals surface area (Å²) in [6, 6.07) is -1.86. The van der Waals surface area contributed by atoms with Crippen LogP contribution >= 0.6 is 0 Å². The Morgan fingerprint density at radius 2 is 1.30 bits per heavy atom. The summed E-state index contributed by atoms with van der Waals surface area (Å²) in [6.45, 7) is 8.61. The SMILES string of the molecule is COC(=O)N[C@H](C(=O)N1CCC[C@H]1c1ncc(C/C=C/C=C/Cc2cnc([C@@H]3CCCN3C(=O)[C@@H](NC(=O)O)C(C)C)[nH]2)[nH]1)C(C)C. The molecule has 4 atom stereocenters. The van der Waals surface area contributed by atoms with E-state index in [0.717, 1.165) is 42.9 Å². The van der Waals surface area contributed by atoms with Crippen molar-refractivity contribution in [3.63, 3.8) is 0 Å². The van der Waals surface area contributed by atoms with Crippen LogP contribution in [0.4, 0.5) is 9.59 Å². The second kappa shape index (κ2) is 16.3. The first-order chi connectivity index (χ1) is 22.5. The molecule has 2 aliphatic heterocycles. The smallest absolute Gasteiger partial charge is 0.407 e. The number of nitrogens with zero attached hydrogens (tertiary/aromatic N) is 4. The number of ether oxygens (including phenoxy) is 1. The first-order valence-electron chi connectivity index (χ1n) is 16.3. The van der Waals surface area contributed by atoms with Crippen molar-refractivity contribution in [3.8, 4) is 0 Å². The van der Waals surface area contributed by atoms with Crippen LogP contribution in [0.3, 0.4) is 0 Å². The molecule has 2 fully saturated rings. The predicted molar refractivity (Wildman–Crippen MR) is 174 cm³/mol. The Hall–Kier alpha value is -4.62.